The molecule has 11 heteroatoms. The third-order valence-corrected chi connectivity index (χ3v) is 6.60. The summed E-state index contributed by atoms with van der Waals surface area (Å²) >= 11 is 1.52. The van der Waals surface area contributed by atoms with E-state index in [2.05, 4.69) is 5.32 Å². The molecule has 1 N–H and O–H groups in total. The van der Waals surface area contributed by atoms with Crippen molar-refractivity contribution in [2.45, 2.75) is 45.8 Å². The summed E-state index contributed by atoms with van der Waals surface area (Å²) in [6.07, 6.45) is 0.358. The van der Waals surface area contributed by atoms with Gasteiger partial charge < -0.3 is 19.9 Å². The van der Waals surface area contributed by atoms with Gasteiger partial charge in [0.05, 0.1) is 29.1 Å². The Morgan fingerprint density at radius 1 is 1.28 bits per heavy atom. The van der Waals surface area contributed by atoms with E-state index in [-0.39, 0.29) is 23.7 Å². The summed E-state index contributed by atoms with van der Waals surface area (Å²) in [5, 5.41) is 16.0. The monoisotopic (exact) mass is 514 g/mol. The van der Waals surface area contributed by atoms with Crippen LogP contribution in [0, 0.1) is 10.1 Å². The van der Waals surface area contributed by atoms with Crippen LogP contribution in [0.3, 0.4) is 0 Å². The minimum atomic E-state index is -0.878. The number of nitrogens with one attached hydrogen (secondary N) is 1. The maximum Gasteiger partial charge on any atom is 0.338 e. The smallest absolute Gasteiger partial charge is 0.338 e. The first-order valence-electron chi connectivity index (χ1n) is 11.6. The summed E-state index contributed by atoms with van der Waals surface area (Å²) in [5.74, 6) is -0.639. The summed E-state index contributed by atoms with van der Waals surface area (Å²) in [6.45, 7) is 5.65. The predicted molar refractivity (Wildman–Crippen MR) is 135 cm³/mol. The fourth-order valence-corrected chi connectivity index (χ4v) is 4.70. The number of ether oxygens (including phenoxy) is 1. The molecule has 3 amide bonds. The topological polar surface area (TPSA) is 122 Å². The first-order valence-corrected chi connectivity index (χ1v) is 12.5. The highest BCUT2D eigenvalue weighted by Crippen LogP contribution is 2.36. The van der Waals surface area contributed by atoms with Crippen LogP contribution in [-0.2, 0) is 20.7 Å². The number of likely N-dealkylation sites (N-methyl/N-ethyl adjacent to an activating group) is 1. The molecule has 0 bridgehead atoms. The largest absolute Gasteiger partial charge is 0.459 e. The molecule has 36 heavy (non-hydrogen) atoms. The summed E-state index contributed by atoms with van der Waals surface area (Å²) in [7, 11) is 1.71. The molecule has 1 aliphatic rings. The number of thiophene rings is 1. The summed E-state index contributed by atoms with van der Waals surface area (Å²) in [6, 6.07) is 8.38. The van der Waals surface area contributed by atoms with E-state index >= 15 is 0 Å². The standard InChI is InChI=1S/C25H30N4O6S/c1-16(2)35-24(31)22-17(3)26-25(32)28(23(22)18-8-5-9-19(14-18)29(33)34)12-7-11-27(4)21(30)15-20-10-6-13-36-20/h5-6,8-10,13-14,16,23H,7,11-12,15H2,1-4H3,(H,26,32). The second-order valence-corrected chi connectivity index (χ2v) is 9.83. The minimum absolute atomic E-state index is 0.0345. The number of allylic oxidation sites excluding steroid dienone is 1. The van der Waals surface area contributed by atoms with Gasteiger partial charge in [-0.3, -0.25) is 14.9 Å². The highest BCUT2D eigenvalue weighted by Gasteiger charge is 2.39. The Hall–Kier alpha value is -3.73. The molecule has 3 rings (SSSR count). The van der Waals surface area contributed by atoms with Crippen LogP contribution in [0.15, 0.2) is 53.0 Å². The Morgan fingerprint density at radius 3 is 2.67 bits per heavy atom. The number of urea groups is 1. The van der Waals surface area contributed by atoms with Gasteiger partial charge in [-0.15, -0.1) is 11.3 Å². The number of nitro benzene ring substituents is 1. The number of hydrogen-bond donors (Lipinski definition) is 1. The van der Waals surface area contributed by atoms with Crippen LogP contribution in [0.25, 0.3) is 0 Å². The zero-order valence-electron chi connectivity index (χ0n) is 20.7. The Bertz CT molecular complexity index is 1160. The Labute approximate surface area is 213 Å². The molecule has 10 nitrogen and oxygen atoms in total. The number of carbonyl (C=O) groups is 3. The van der Waals surface area contributed by atoms with Crippen LogP contribution in [0.1, 0.15) is 43.7 Å². The zero-order valence-corrected chi connectivity index (χ0v) is 21.5. The molecule has 192 valence electrons. The Morgan fingerprint density at radius 2 is 2.03 bits per heavy atom. The van der Waals surface area contributed by atoms with Crippen molar-refractivity contribution in [1.82, 2.24) is 15.1 Å². The molecular formula is C25H30N4O6S. The summed E-state index contributed by atoms with van der Waals surface area (Å²) < 4.78 is 5.44. The van der Waals surface area contributed by atoms with Gasteiger partial charge in [0.1, 0.15) is 0 Å². The molecule has 0 saturated heterocycles. The molecule has 1 atom stereocenters. The molecule has 2 aromatic rings. The van der Waals surface area contributed by atoms with Gasteiger partial charge in [0, 0.05) is 42.8 Å². The van der Waals surface area contributed by atoms with E-state index in [4.69, 9.17) is 4.74 Å². The quantitative estimate of drug-likeness (QED) is 0.290. The number of hydrogen-bond acceptors (Lipinski definition) is 7. The van der Waals surface area contributed by atoms with Crippen LogP contribution in [0.5, 0.6) is 0 Å². The summed E-state index contributed by atoms with van der Waals surface area (Å²) in [4.78, 5) is 53.6. The van der Waals surface area contributed by atoms with Crippen molar-refractivity contribution in [3.8, 4) is 0 Å². The summed E-state index contributed by atoms with van der Waals surface area (Å²) in [5.41, 5.74) is 0.829. The number of esters is 1. The van der Waals surface area contributed by atoms with E-state index in [1.54, 1.807) is 38.8 Å². The van der Waals surface area contributed by atoms with Gasteiger partial charge in [0.25, 0.3) is 5.69 Å². The number of carbonyl (C=O) groups excluding carboxylic acids is 3. The third kappa shape index (κ3) is 6.48. The van der Waals surface area contributed by atoms with Gasteiger partial charge in [0.15, 0.2) is 0 Å². The van der Waals surface area contributed by atoms with Gasteiger partial charge in [-0.2, -0.15) is 0 Å². The van der Waals surface area contributed by atoms with Gasteiger partial charge in [-0.1, -0.05) is 18.2 Å². The fourth-order valence-electron chi connectivity index (χ4n) is 4.01. The van der Waals surface area contributed by atoms with Crippen LogP contribution in [0.2, 0.25) is 0 Å². The van der Waals surface area contributed by atoms with Crippen LogP contribution < -0.4 is 5.32 Å². The van der Waals surface area contributed by atoms with Crippen molar-refractivity contribution < 1.29 is 24.0 Å². The van der Waals surface area contributed by atoms with E-state index < -0.39 is 29.1 Å². The SMILES string of the molecule is CC1=C(C(=O)OC(C)C)C(c2cccc([N+](=O)[O-])c2)N(CCCN(C)C(=O)Cc2cccs2)C(=O)N1. The fraction of sp³-hybridized carbons (Fsp3) is 0.400. The van der Waals surface area contributed by atoms with Crippen molar-refractivity contribution in [1.29, 1.82) is 0 Å². The first kappa shape index (κ1) is 26.9. The molecule has 1 aliphatic heterocycles. The molecule has 0 aliphatic carbocycles. The lowest BCUT2D eigenvalue weighted by Gasteiger charge is -2.38. The van der Waals surface area contributed by atoms with E-state index in [0.717, 1.165) is 4.88 Å². The Kier molecular flexibility index (Phi) is 8.81. The van der Waals surface area contributed by atoms with Gasteiger partial charge >= 0.3 is 12.0 Å². The average Bonchev–Trinajstić information content (AvgIpc) is 3.32. The second-order valence-electron chi connectivity index (χ2n) is 8.80. The van der Waals surface area contributed by atoms with Crippen molar-refractivity contribution in [3.63, 3.8) is 0 Å². The molecule has 0 spiro atoms. The number of non-ortho nitro benzene ring substituents is 1. The van der Waals surface area contributed by atoms with Crippen molar-refractivity contribution >= 4 is 34.9 Å². The molecule has 0 saturated carbocycles. The lowest BCUT2D eigenvalue weighted by molar-refractivity contribution is -0.384. The third-order valence-electron chi connectivity index (χ3n) is 5.73. The van der Waals surface area contributed by atoms with E-state index in [0.29, 0.717) is 30.6 Å². The maximum atomic E-state index is 13.1. The van der Waals surface area contributed by atoms with Crippen molar-refractivity contribution in [3.05, 3.63) is 73.6 Å². The first-order chi connectivity index (χ1) is 17.1. The highest BCUT2D eigenvalue weighted by molar-refractivity contribution is 7.10. The Balaban J connectivity index is 1.84. The average molecular weight is 515 g/mol. The zero-order chi connectivity index (χ0) is 26.4. The van der Waals surface area contributed by atoms with Gasteiger partial charge in [-0.25, -0.2) is 9.59 Å². The normalized spacial score (nSPS) is 15.6. The molecule has 1 unspecified atom stereocenters. The molecular weight excluding hydrogens is 484 g/mol. The van der Waals surface area contributed by atoms with Crippen LogP contribution >= 0.6 is 11.3 Å². The van der Waals surface area contributed by atoms with Crippen LogP contribution in [-0.4, -0.2) is 58.9 Å². The number of benzene rings is 1. The number of nitro groups is 1. The van der Waals surface area contributed by atoms with E-state index in [9.17, 15) is 24.5 Å². The van der Waals surface area contributed by atoms with Gasteiger partial charge in [-0.05, 0) is 44.2 Å². The number of nitrogens with zero attached hydrogens (tertiary/aromatic N) is 3. The number of rotatable bonds is 10. The minimum Gasteiger partial charge on any atom is -0.459 e. The van der Waals surface area contributed by atoms with E-state index in [1.165, 1.54) is 34.4 Å². The number of amides is 3. The lowest BCUT2D eigenvalue weighted by Crippen LogP contribution is -2.49. The maximum absolute atomic E-state index is 13.1. The van der Waals surface area contributed by atoms with Crippen molar-refractivity contribution in [2.75, 3.05) is 20.1 Å². The van der Waals surface area contributed by atoms with Crippen molar-refractivity contribution in [2.24, 2.45) is 0 Å². The molecule has 0 fully saturated rings. The van der Waals surface area contributed by atoms with E-state index in [1.807, 2.05) is 17.5 Å². The molecule has 2 heterocycles. The molecule has 1 aromatic heterocycles. The predicted octanol–water partition coefficient (Wildman–Crippen LogP) is 4.04. The molecule has 1 aromatic carbocycles. The van der Waals surface area contributed by atoms with Crippen LogP contribution in [0.4, 0.5) is 10.5 Å². The van der Waals surface area contributed by atoms with Gasteiger partial charge in [0.2, 0.25) is 5.91 Å². The lowest BCUT2D eigenvalue weighted by atomic mass is 9.93. The second kappa shape index (κ2) is 11.8. The molecule has 0 radical (unpaired) electrons. The highest BCUT2D eigenvalue weighted by atomic mass is 32.1.